The van der Waals surface area contributed by atoms with Crippen molar-refractivity contribution in [3.05, 3.63) is 71.8 Å². The summed E-state index contributed by atoms with van der Waals surface area (Å²) < 4.78 is 5.16. The van der Waals surface area contributed by atoms with Crippen molar-refractivity contribution in [3.8, 4) is 0 Å². The maximum absolute atomic E-state index is 12.3. The molecule has 7 heteroatoms. The van der Waals surface area contributed by atoms with Gasteiger partial charge in [0.15, 0.2) is 0 Å². The van der Waals surface area contributed by atoms with Crippen molar-refractivity contribution in [3.63, 3.8) is 0 Å². The van der Waals surface area contributed by atoms with Crippen molar-refractivity contribution in [2.45, 2.75) is 38.0 Å². The molecular formula is C21H25N3O4. The van der Waals surface area contributed by atoms with Crippen LogP contribution >= 0.6 is 0 Å². The zero-order valence-electron chi connectivity index (χ0n) is 15.5. The fourth-order valence-corrected chi connectivity index (χ4v) is 2.60. The number of hydrogen-bond acceptors (Lipinski definition) is 5. The summed E-state index contributed by atoms with van der Waals surface area (Å²) in [6.07, 6.45) is 0.332. The molecule has 0 fully saturated rings. The molecule has 148 valence electrons. The summed E-state index contributed by atoms with van der Waals surface area (Å²) in [6.45, 7) is 0.148. The van der Waals surface area contributed by atoms with Crippen LogP contribution in [0.2, 0.25) is 0 Å². The number of rotatable bonds is 10. The van der Waals surface area contributed by atoms with Crippen LogP contribution in [0.15, 0.2) is 60.7 Å². The lowest BCUT2D eigenvalue weighted by Gasteiger charge is -2.18. The predicted molar refractivity (Wildman–Crippen MR) is 105 cm³/mol. The molecule has 2 atom stereocenters. The predicted octanol–water partition coefficient (Wildman–Crippen LogP) is 1.05. The van der Waals surface area contributed by atoms with E-state index >= 15 is 0 Å². The Morgan fingerprint density at radius 1 is 0.929 bits per heavy atom. The van der Waals surface area contributed by atoms with E-state index in [0.29, 0.717) is 6.42 Å². The molecule has 0 saturated heterocycles. The van der Waals surface area contributed by atoms with Gasteiger partial charge in [-0.25, -0.2) is 0 Å². The second kappa shape index (κ2) is 10.8. The first-order valence-electron chi connectivity index (χ1n) is 9.04. The second-order valence-corrected chi connectivity index (χ2v) is 6.44. The van der Waals surface area contributed by atoms with E-state index in [4.69, 9.17) is 16.2 Å². The zero-order chi connectivity index (χ0) is 20.4. The number of hydrogen-bond donors (Lipinski definition) is 3. The third-order valence-corrected chi connectivity index (χ3v) is 4.17. The Balaban J connectivity index is 1.79. The molecule has 2 aromatic rings. The Hall–Kier alpha value is -3.19. The maximum atomic E-state index is 12.3. The standard InChI is InChI=1S/C21H25N3O4/c22-17(13-15-7-3-1-4-8-15)21(27)24-18(20(23)26)11-12-19(25)28-14-16-9-5-2-6-10-16/h1-10,17-18H,11-14,22H2,(H2,23,26)(H,24,27)/t17-,18+/m0/s1. The van der Waals surface area contributed by atoms with E-state index in [2.05, 4.69) is 5.32 Å². The van der Waals surface area contributed by atoms with Crippen molar-refractivity contribution in [1.29, 1.82) is 0 Å². The van der Waals surface area contributed by atoms with Crippen LogP contribution in [0.1, 0.15) is 24.0 Å². The molecule has 0 heterocycles. The van der Waals surface area contributed by atoms with E-state index in [0.717, 1.165) is 11.1 Å². The van der Waals surface area contributed by atoms with E-state index in [1.807, 2.05) is 60.7 Å². The number of amides is 2. The first-order chi connectivity index (χ1) is 13.5. The van der Waals surface area contributed by atoms with Gasteiger partial charge in [0.05, 0.1) is 6.04 Å². The molecule has 7 nitrogen and oxygen atoms in total. The van der Waals surface area contributed by atoms with Gasteiger partial charge in [0.2, 0.25) is 11.8 Å². The van der Waals surface area contributed by atoms with Crippen LogP contribution in [0.3, 0.4) is 0 Å². The van der Waals surface area contributed by atoms with Gasteiger partial charge >= 0.3 is 5.97 Å². The molecule has 2 aromatic carbocycles. The molecule has 0 aliphatic heterocycles. The highest BCUT2D eigenvalue weighted by molar-refractivity contribution is 5.89. The zero-order valence-corrected chi connectivity index (χ0v) is 15.5. The summed E-state index contributed by atoms with van der Waals surface area (Å²) in [5.41, 5.74) is 13.0. The van der Waals surface area contributed by atoms with Crippen LogP contribution < -0.4 is 16.8 Å². The van der Waals surface area contributed by atoms with E-state index in [1.54, 1.807) is 0 Å². The molecule has 0 aliphatic rings. The minimum Gasteiger partial charge on any atom is -0.461 e. The lowest BCUT2D eigenvalue weighted by atomic mass is 10.0. The Morgan fingerprint density at radius 2 is 1.50 bits per heavy atom. The Kier molecular flexibility index (Phi) is 8.17. The summed E-state index contributed by atoms with van der Waals surface area (Å²) in [5.74, 6) is -1.70. The monoisotopic (exact) mass is 383 g/mol. The highest BCUT2D eigenvalue weighted by atomic mass is 16.5. The third-order valence-electron chi connectivity index (χ3n) is 4.17. The van der Waals surface area contributed by atoms with Crippen molar-refractivity contribution < 1.29 is 19.1 Å². The Morgan fingerprint density at radius 3 is 2.07 bits per heavy atom. The topological polar surface area (TPSA) is 125 Å². The summed E-state index contributed by atoms with van der Waals surface area (Å²) >= 11 is 0. The Labute approximate surface area is 164 Å². The first kappa shape index (κ1) is 21.1. The molecule has 0 radical (unpaired) electrons. The van der Waals surface area contributed by atoms with Crippen molar-refractivity contribution in [2.75, 3.05) is 0 Å². The molecule has 2 amide bonds. The fraction of sp³-hybridized carbons (Fsp3) is 0.286. The average Bonchev–Trinajstić information content (AvgIpc) is 2.70. The molecular weight excluding hydrogens is 358 g/mol. The number of esters is 1. The SMILES string of the molecule is NC(=O)[C@@H](CCC(=O)OCc1ccccc1)NC(=O)[C@@H](N)Cc1ccccc1. The summed E-state index contributed by atoms with van der Waals surface area (Å²) in [7, 11) is 0. The normalized spacial score (nSPS) is 12.6. The van der Waals surface area contributed by atoms with Crippen molar-refractivity contribution >= 4 is 17.8 Å². The smallest absolute Gasteiger partial charge is 0.306 e. The van der Waals surface area contributed by atoms with Gasteiger partial charge in [0.1, 0.15) is 12.6 Å². The number of benzene rings is 2. The molecule has 5 N–H and O–H groups in total. The van der Waals surface area contributed by atoms with Gasteiger partial charge in [-0.05, 0) is 24.0 Å². The third kappa shape index (κ3) is 7.20. The minimum atomic E-state index is -0.987. The number of carbonyl (C=O) groups excluding carboxylic acids is 3. The largest absolute Gasteiger partial charge is 0.461 e. The molecule has 0 aromatic heterocycles. The molecule has 0 saturated carbocycles. The van der Waals surface area contributed by atoms with Crippen LogP contribution in [0.25, 0.3) is 0 Å². The Bertz CT molecular complexity index is 781. The number of nitrogens with two attached hydrogens (primary N) is 2. The summed E-state index contributed by atoms with van der Waals surface area (Å²) in [4.78, 5) is 35.8. The van der Waals surface area contributed by atoms with Gasteiger partial charge in [-0.3, -0.25) is 14.4 Å². The van der Waals surface area contributed by atoms with Crippen LogP contribution in [0.5, 0.6) is 0 Å². The highest BCUT2D eigenvalue weighted by Crippen LogP contribution is 2.06. The maximum Gasteiger partial charge on any atom is 0.306 e. The highest BCUT2D eigenvalue weighted by Gasteiger charge is 2.23. The van der Waals surface area contributed by atoms with Crippen molar-refractivity contribution in [1.82, 2.24) is 5.32 Å². The number of primary amides is 1. The quantitative estimate of drug-likeness (QED) is 0.529. The molecule has 0 spiro atoms. The molecule has 0 bridgehead atoms. The van der Waals surface area contributed by atoms with E-state index in [1.165, 1.54) is 0 Å². The van der Waals surface area contributed by atoms with Gasteiger partial charge in [0.25, 0.3) is 0 Å². The summed E-state index contributed by atoms with van der Waals surface area (Å²) in [5, 5.41) is 2.52. The van der Waals surface area contributed by atoms with Crippen LogP contribution in [0.4, 0.5) is 0 Å². The molecule has 0 unspecified atom stereocenters. The number of nitrogens with one attached hydrogen (secondary N) is 1. The second-order valence-electron chi connectivity index (χ2n) is 6.44. The number of carbonyl (C=O) groups is 3. The lowest BCUT2D eigenvalue weighted by molar-refractivity contribution is -0.145. The van der Waals surface area contributed by atoms with Crippen molar-refractivity contribution in [2.24, 2.45) is 11.5 Å². The molecule has 28 heavy (non-hydrogen) atoms. The van der Waals surface area contributed by atoms with Gasteiger partial charge in [0, 0.05) is 6.42 Å². The van der Waals surface area contributed by atoms with Crippen LogP contribution in [0, 0.1) is 0 Å². The van der Waals surface area contributed by atoms with Gasteiger partial charge < -0.3 is 21.5 Å². The van der Waals surface area contributed by atoms with E-state index in [-0.39, 0.29) is 19.4 Å². The van der Waals surface area contributed by atoms with E-state index < -0.39 is 29.9 Å². The van der Waals surface area contributed by atoms with Gasteiger partial charge in [-0.1, -0.05) is 60.7 Å². The molecule has 0 aliphatic carbocycles. The van der Waals surface area contributed by atoms with Gasteiger partial charge in [-0.15, -0.1) is 0 Å². The number of ether oxygens (including phenoxy) is 1. The fourth-order valence-electron chi connectivity index (χ4n) is 2.60. The van der Waals surface area contributed by atoms with Gasteiger partial charge in [-0.2, -0.15) is 0 Å². The van der Waals surface area contributed by atoms with E-state index in [9.17, 15) is 14.4 Å². The molecule has 2 rings (SSSR count). The summed E-state index contributed by atoms with van der Waals surface area (Å²) in [6, 6.07) is 16.7. The first-order valence-corrected chi connectivity index (χ1v) is 9.04. The minimum absolute atomic E-state index is 0.0470. The average molecular weight is 383 g/mol. The van der Waals surface area contributed by atoms with Crippen LogP contribution in [-0.4, -0.2) is 29.9 Å². The lowest BCUT2D eigenvalue weighted by Crippen LogP contribution is -2.51. The van der Waals surface area contributed by atoms with Crippen LogP contribution in [-0.2, 0) is 32.1 Å².